The first-order chi connectivity index (χ1) is 6.13. The summed E-state index contributed by atoms with van der Waals surface area (Å²) in [7, 11) is 0. The molecule has 0 aliphatic carbocycles. The number of thiol groups is 1. The predicted octanol–water partition coefficient (Wildman–Crippen LogP) is 1.57. The first-order valence-corrected chi connectivity index (χ1v) is 4.67. The lowest BCUT2D eigenvalue weighted by Gasteiger charge is -2.16. The molecule has 0 spiro atoms. The lowest BCUT2D eigenvalue weighted by Crippen LogP contribution is -2.27. The van der Waals surface area contributed by atoms with Gasteiger partial charge in [0, 0.05) is 5.25 Å². The van der Waals surface area contributed by atoms with Crippen molar-refractivity contribution in [2.45, 2.75) is 18.1 Å². The van der Waals surface area contributed by atoms with Gasteiger partial charge in [0.25, 0.3) is 0 Å². The molecule has 0 aliphatic rings. The van der Waals surface area contributed by atoms with Gasteiger partial charge in [0.2, 0.25) is 5.91 Å². The maximum atomic E-state index is 11.1. The predicted molar refractivity (Wildman–Crippen MR) is 56.8 cm³/mol. The van der Waals surface area contributed by atoms with E-state index in [0.29, 0.717) is 0 Å². The fraction of sp³-hybridized carbons (Fsp3) is 0.300. The van der Waals surface area contributed by atoms with E-state index in [9.17, 15) is 4.79 Å². The fourth-order valence-electron chi connectivity index (χ4n) is 1.34. The molecule has 3 heteroatoms. The van der Waals surface area contributed by atoms with Crippen LogP contribution in [0.25, 0.3) is 0 Å². The van der Waals surface area contributed by atoms with Crippen LogP contribution in [0, 0.1) is 0 Å². The third-order valence-corrected chi connectivity index (χ3v) is 2.25. The molecule has 0 saturated carbocycles. The second-order valence-corrected chi connectivity index (χ2v) is 3.85. The van der Waals surface area contributed by atoms with Gasteiger partial charge >= 0.3 is 0 Å². The van der Waals surface area contributed by atoms with E-state index in [1.807, 2.05) is 37.3 Å². The van der Waals surface area contributed by atoms with Gasteiger partial charge in [0.1, 0.15) is 0 Å². The minimum Gasteiger partial charge on any atom is -0.369 e. The number of hydrogen-bond acceptors (Lipinski definition) is 2. The Labute approximate surface area is 83.5 Å². The van der Waals surface area contributed by atoms with E-state index in [0.717, 1.165) is 5.56 Å². The average Bonchev–Trinajstić information content (AvgIpc) is 2.04. The number of primary amides is 1. The summed E-state index contributed by atoms with van der Waals surface area (Å²) in [6.45, 7) is 1.87. The van der Waals surface area contributed by atoms with Crippen molar-refractivity contribution in [1.29, 1.82) is 0 Å². The van der Waals surface area contributed by atoms with E-state index in [2.05, 4.69) is 12.6 Å². The van der Waals surface area contributed by atoms with Crippen molar-refractivity contribution in [3.05, 3.63) is 35.9 Å². The van der Waals surface area contributed by atoms with E-state index >= 15 is 0 Å². The molecule has 2 N–H and O–H groups in total. The van der Waals surface area contributed by atoms with Crippen molar-refractivity contribution in [1.82, 2.24) is 0 Å². The van der Waals surface area contributed by atoms with Crippen molar-refractivity contribution in [2.75, 3.05) is 0 Å². The summed E-state index contributed by atoms with van der Waals surface area (Å²) in [6.07, 6.45) is 0. The molecule has 2 atom stereocenters. The van der Waals surface area contributed by atoms with Crippen molar-refractivity contribution in [3.63, 3.8) is 0 Å². The Kier molecular flexibility index (Phi) is 3.37. The van der Waals surface area contributed by atoms with Crippen LogP contribution in [0.2, 0.25) is 0 Å². The molecule has 13 heavy (non-hydrogen) atoms. The molecule has 0 radical (unpaired) electrons. The largest absolute Gasteiger partial charge is 0.369 e. The molecule has 1 rings (SSSR count). The van der Waals surface area contributed by atoms with Gasteiger partial charge in [0.05, 0.1) is 5.92 Å². The summed E-state index contributed by atoms with van der Waals surface area (Å²) in [6, 6.07) is 9.47. The molecule has 1 aromatic carbocycles. The second kappa shape index (κ2) is 4.33. The minimum absolute atomic E-state index is 0.0556. The topological polar surface area (TPSA) is 43.1 Å². The molecule has 0 aliphatic heterocycles. The van der Waals surface area contributed by atoms with Crippen molar-refractivity contribution < 1.29 is 4.79 Å². The number of carbonyl (C=O) groups excluding carboxylic acids is 1. The standard InChI is InChI=1S/C10H13NOS/c1-7(13)9(10(11)12)8-5-3-2-4-6-8/h2-7,9,13H,1H3,(H2,11,12). The number of hydrogen-bond donors (Lipinski definition) is 2. The zero-order valence-electron chi connectivity index (χ0n) is 7.47. The van der Waals surface area contributed by atoms with Gasteiger partial charge in [-0.1, -0.05) is 37.3 Å². The van der Waals surface area contributed by atoms with Gasteiger partial charge in [-0.3, -0.25) is 4.79 Å². The van der Waals surface area contributed by atoms with Gasteiger partial charge < -0.3 is 5.73 Å². The summed E-state index contributed by atoms with van der Waals surface area (Å²) in [5.41, 5.74) is 6.21. The van der Waals surface area contributed by atoms with Crippen LogP contribution in [0.15, 0.2) is 30.3 Å². The summed E-state index contributed by atoms with van der Waals surface area (Å²) in [5.74, 6) is -0.627. The minimum atomic E-state index is -0.325. The van der Waals surface area contributed by atoms with Crippen LogP contribution in [0.4, 0.5) is 0 Å². The van der Waals surface area contributed by atoms with Crippen LogP contribution in [-0.2, 0) is 4.79 Å². The molecule has 0 bridgehead atoms. The highest BCUT2D eigenvalue weighted by molar-refractivity contribution is 7.81. The van der Waals surface area contributed by atoms with Crippen LogP contribution in [0.3, 0.4) is 0 Å². The molecule has 70 valence electrons. The Balaban J connectivity index is 2.96. The van der Waals surface area contributed by atoms with Gasteiger partial charge in [-0.05, 0) is 5.56 Å². The van der Waals surface area contributed by atoms with E-state index in [1.54, 1.807) is 0 Å². The van der Waals surface area contributed by atoms with Gasteiger partial charge in [-0.2, -0.15) is 12.6 Å². The van der Waals surface area contributed by atoms with E-state index in [-0.39, 0.29) is 17.1 Å². The smallest absolute Gasteiger partial charge is 0.226 e. The third kappa shape index (κ3) is 2.49. The highest BCUT2D eigenvalue weighted by Crippen LogP contribution is 2.22. The maximum absolute atomic E-state index is 11.1. The van der Waals surface area contributed by atoms with Gasteiger partial charge in [-0.15, -0.1) is 0 Å². The van der Waals surface area contributed by atoms with Crippen molar-refractivity contribution >= 4 is 18.5 Å². The highest BCUT2D eigenvalue weighted by Gasteiger charge is 2.21. The quantitative estimate of drug-likeness (QED) is 0.706. The highest BCUT2D eigenvalue weighted by atomic mass is 32.1. The summed E-state index contributed by atoms with van der Waals surface area (Å²) < 4.78 is 0. The first kappa shape index (κ1) is 10.1. The Bertz CT molecular complexity index is 284. The van der Waals surface area contributed by atoms with Crippen molar-refractivity contribution in [2.24, 2.45) is 5.73 Å². The fourth-order valence-corrected chi connectivity index (χ4v) is 1.66. The molecule has 0 aromatic heterocycles. The summed E-state index contributed by atoms with van der Waals surface area (Å²) >= 11 is 4.24. The van der Waals surface area contributed by atoms with Crippen LogP contribution >= 0.6 is 12.6 Å². The Morgan fingerprint density at radius 1 is 1.38 bits per heavy atom. The number of rotatable bonds is 3. The molecular formula is C10H13NOS. The van der Waals surface area contributed by atoms with E-state index in [4.69, 9.17) is 5.73 Å². The van der Waals surface area contributed by atoms with Crippen LogP contribution < -0.4 is 5.73 Å². The zero-order chi connectivity index (χ0) is 9.84. The Morgan fingerprint density at radius 2 is 1.92 bits per heavy atom. The van der Waals surface area contributed by atoms with Gasteiger partial charge in [0.15, 0.2) is 0 Å². The Morgan fingerprint density at radius 3 is 2.31 bits per heavy atom. The Hall–Kier alpha value is -0.960. The molecule has 1 aromatic rings. The summed E-state index contributed by atoms with van der Waals surface area (Å²) in [5, 5.41) is -0.0556. The monoisotopic (exact) mass is 195 g/mol. The first-order valence-electron chi connectivity index (χ1n) is 4.15. The normalized spacial score (nSPS) is 14.9. The molecule has 1 amide bonds. The van der Waals surface area contributed by atoms with E-state index < -0.39 is 0 Å². The average molecular weight is 195 g/mol. The summed E-state index contributed by atoms with van der Waals surface area (Å²) in [4.78, 5) is 11.1. The number of carbonyl (C=O) groups is 1. The molecule has 0 fully saturated rings. The SMILES string of the molecule is CC(S)C(C(N)=O)c1ccccc1. The second-order valence-electron chi connectivity index (χ2n) is 3.03. The zero-order valence-corrected chi connectivity index (χ0v) is 8.37. The molecule has 2 unspecified atom stereocenters. The lowest BCUT2D eigenvalue weighted by molar-refractivity contribution is -0.119. The molecule has 0 saturated heterocycles. The molecule has 0 heterocycles. The van der Waals surface area contributed by atoms with Crippen LogP contribution in [0.1, 0.15) is 18.4 Å². The third-order valence-electron chi connectivity index (χ3n) is 1.95. The lowest BCUT2D eigenvalue weighted by atomic mass is 9.96. The number of nitrogens with two attached hydrogens (primary N) is 1. The maximum Gasteiger partial charge on any atom is 0.226 e. The number of amides is 1. The van der Waals surface area contributed by atoms with Gasteiger partial charge in [-0.25, -0.2) is 0 Å². The van der Waals surface area contributed by atoms with Crippen molar-refractivity contribution in [3.8, 4) is 0 Å². The van der Waals surface area contributed by atoms with Crippen LogP contribution in [-0.4, -0.2) is 11.2 Å². The van der Waals surface area contributed by atoms with E-state index in [1.165, 1.54) is 0 Å². The molecule has 2 nitrogen and oxygen atoms in total. The number of benzene rings is 1. The van der Waals surface area contributed by atoms with Crippen LogP contribution in [0.5, 0.6) is 0 Å². The molecular weight excluding hydrogens is 182 g/mol.